The van der Waals surface area contributed by atoms with Crippen molar-refractivity contribution in [1.82, 2.24) is 10.7 Å². The first-order valence-electron chi connectivity index (χ1n) is 9.64. The molecule has 162 valence electrons. The molecule has 0 saturated carbocycles. The van der Waals surface area contributed by atoms with Crippen LogP contribution in [-0.4, -0.2) is 36.2 Å². The van der Waals surface area contributed by atoms with E-state index in [1.807, 2.05) is 0 Å². The Morgan fingerprint density at radius 3 is 2.16 bits per heavy atom. The summed E-state index contributed by atoms with van der Waals surface area (Å²) in [7, 11) is 1.54. The minimum absolute atomic E-state index is 0.148. The number of carboxylic acids is 1. The van der Waals surface area contributed by atoms with Crippen LogP contribution >= 0.6 is 0 Å². The zero-order valence-corrected chi connectivity index (χ0v) is 17.2. The van der Waals surface area contributed by atoms with Crippen LogP contribution in [-0.2, 0) is 4.79 Å². The lowest BCUT2D eigenvalue weighted by Gasteiger charge is -2.18. The van der Waals surface area contributed by atoms with Gasteiger partial charge in [0.1, 0.15) is 11.8 Å². The summed E-state index contributed by atoms with van der Waals surface area (Å²) in [5, 5.41) is 15.6. The minimum atomic E-state index is -1.03. The molecule has 3 aromatic carbocycles. The average Bonchev–Trinajstić information content (AvgIpc) is 2.83. The molecule has 3 rings (SSSR count). The van der Waals surface area contributed by atoms with Crippen LogP contribution in [0.3, 0.4) is 0 Å². The van der Waals surface area contributed by atoms with Crippen molar-refractivity contribution >= 4 is 24.0 Å². The van der Waals surface area contributed by atoms with E-state index in [1.165, 1.54) is 25.5 Å². The van der Waals surface area contributed by atoms with Gasteiger partial charge in [-0.15, -0.1) is 0 Å². The molecule has 0 heterocycles. The number of hydrogen-bond donors (Lipinski definition) is 3. The Bertz CT molecular complexity index is 1110. The van der Waals surface area contributed by atoms with Crippen LogP contribution in [0.4, 0.5) is 0 Å². The number of hydrazone groups is 1. The highest BCUT2D eigenvalue weighted by Crippen LogP contribution is 2.19. The van der Waals surface area contributed by atoms with Crippen LogP contribution in [0.1, 0.15) is 37.9 Å². The number of nitrogens with zero attached hydrogens (tertiary/aromatic N) is 1. The third-order valence-corrected chi connectivity index (χ3v) is 4.57. The predicted octanol–water partition coefficient (Wildman–Crippen LogP) is 3.01. The Balaban J connectivity index is 1.75. The normalized spacial score (nSPS) is 11.5. The van der Waals surface area contributed by atoms with Gasteiger partial charge in [-0.1, -0.05) is 42.5 Å². The van der Waals surface area contributed by atoms with E-state index in [9.17, 15) is 14.4 Å². The summed E-state index contributed by atoms with van der Waals surface area (Å²) in [6.07, 6.45) is 1.38. The van der Waals surface area contributed by atoms with Crippen molar-refractivity contribution in [2.75, 3.05) is 7.11 Å². The van der Waals surface area contributed by atoms with E-state index >= 15 is 0 Å². The van der Waals surface area contributed by atoms with Gasteiger partial charge in [0.05, 0.1) is 18.9 Å². The maximum absolute atomic E-state index is 12.9. The Morgan fingerprint density at radius 2 is 1.56 bits per heavy atom. The number of carboxylic acid groups (broad SMARTS) is 1. The van der Waals surface area contributed by atoms with E-state index in [0.29, 0.717) is 22.4 Å². The van der Waals surface area contributed by atoms with Crippen LogP contribution in [0.25, 0.3) is 0 Å². The Labute approximate surface area is 184 Å². The van der Waals surface area contributed by atoms with Gasteiger partial charge in [0.2, 0.25) is 0 Å². The molecule has 8 heteroatoms. The first-order valence-corrected chi connectivity index (χ1v) is 9.64. The molecular weight excluding hydrogens is 410 g/mol. The highest BCUT2D eigenvalue weighted by atomic mass is 16.5. The first-order chi connectivity index (χ1) is 15.5. The molecule has 0 aliphatic rings. The third kappa shape index (κ3) is 5.79. The van der Waals surface area contributed by atoms with E-state index in [-0.39, 0.29) is 5.56 Å². The van der Waals surface area contributed by atoms with Gasteiger partial charge >= 0.3 is 5.97 Å². The SMILES string of the molecule is COc1ccc(C(NC(=O)c2ccccc2)C(=O)NN=Cc2ccc(C(=O)O)cc2)cc1. The molecule has 0 fully saturated rings. The number of benzene rings is 3. The quantitative estimate of drug-likeness (QED) is 0.374. The number of carbonyl (C=O) groups is 3. The van der Waals surface area contributed by atoms with Crippen molar-refractivity contribution in [3.05, 3.63) is 101 Å². The predicted molar refractivity (Wildman–Crippen MR) is 119 cm³/mol. The molecule has 8 nitrogen and oxygen atoms in total. The second-order valence-electron chi connectivity index (χ2n) is 6.71. The lowest BCUT2D eigenvalue weighted by molar-refractivity contribution is -0.123. The summed E-state index contributed by atoms with van der Waals surface area (Å²) < 4.78 is 5.15. The number of carbonyl (C=O) groups excluding carboxylic acids is 2. The summed E-state index contributed by atoms with van der Waals surface area (Å²) in [6.45, 7) is 0. The van der Waals surface area contributed by atoms with Gasteiger partial charge in [-0.25, -0.2) is 10.2 Å². The second kappa shape index (κ2) is 10.5. The largest absolute Gasteiger partial charge is 0.497 e. The number of aromatic carboxylic acids is 1. The van der Waals surface area contributed by atoms with E-state index in [2.05, 4.69) is 15.8 Å². The van der Waals surface area contributed by atoms with Gasteiger partial charge in [0.25, 0.3) is 11.8 Å². The van der Waals surface area contributed by atoms with Crippen molar-refractivity contribution in [2.45, 2.75) is 6.04 Å². The number of hydrogen-bond acceptors (Lipinski definition) is 5. The third-order valence-electron chi connectivity index (χ3n) is 4.57. The molecule has 32 heavy (non-hydrogen) atoms. The van der Waals surface area contributed by atoms with Crippen LogP contribution in [0, 0.1) is 0 Å². The minimum Gasteiger partial charge on any atom is -0.497 e. The molecular formula is C24H21N3O5. The standard InChI is InChI=1S/C24H21N3O5/c1-32-20-13-11-17(12-14-20)21(26-22(28)18-5-3-2-4-6-18)23(29)27-25-15-16-7-9-19(10-8-16)24(30)31/h2-15,21H,1H3,(H,26,28)(H,27,29)(H,30,31). The zero-order valence-electron chi connectivity index (χ0n) is 17.2. The number of methoxy groups -OCH3 is 1. The number of rotatable bonds is 8. The van der Waals surface area contributed by atoms with Gasteiger partial charge < -0.3 is 15.2 Å². The molecule has 1 atom stereocenters. The average molecular weight is 431 g/mol. The van der Waals surface area contributed by atoms with Crippen molar-refractivity contribution in [3.63, 3.8) is 0 Å². The van der Waals surface area contributed by atoms with Gasteiger partial charge in [-0.2, -0.15) is 5.10 Å². The monoisotopic (exact) mass is 431 g/mol. The number of ether oxygens (including phenoxy) is 1. The fourth-order valence-corrected chi connectivity index (χ4v) is 2.85. The Hall–Kier alpha value is -4.46. The van der Waals surface area contributed by atoms with Crippen molar-refractivity contribution in [2.24, 2.45) is 5.10 Å². The van der Waals surface area contributed by atoms with Gasteiger partial charge in [0, 0.05) is 5.56 Å². The summed E-state index contributed by atoms with van der Waals surface area (Å²) in [6, 6.07) is 20.3. The molecule has 0 aliphatic carbocycles. The second-order valence-corrected chi connectivity index (χ2v) is 6.71. The summed E-state index contributed by atoms with van der Waals surface area (Å²) in [5.74, 6) is -1.36. The molecule has 0 bridgehead atoms. The number of amides is 2. The Morgan fingerprint density at radius 1 is 0.906 bits per heavy atom. The fraction of sp³-hybridized carbons (Fsp3) is 0.0833. The van der Waals surface area contributed by atoms with Crippen LogP contribution < -0.4 is 15.5 Å². The van der Waals surface area contributed by atoms with Gasteiger partial charge in [0.15, 0.2) is 0 Å². The molecule has 0 aromatic heterocycles. The van der Waals surface area contributed by atoms with Crippen LogP contribution in [0.2, 0.25) is 0 Å². The zero-order chi connectivity index (χ0) is 22.9. The maximum atomic E-state index is 12.9. The van der Waals surface area contributed by atoms with Gasteiger partial charge in [-0.05, 0) is 47.5 Å². The molecule has 2 amide bonds. The molecule has 3 aromatic rings. The molecule has 1 unspecified atom stereocenters. The summed E-state index contributed by atoms with van der Waals surface area (Å²) >= 11 is 0. The fourth-order valence-electron chi connectivity index (χ4n) is 2.85. The summed E-state index contributed by atoms with van der Waals surface area (Å²) in [4.78, 5) is 36.4. The lowest BCUT2D eigenvalue weighted by Crippen LogP contribution is -2.38. The van der Waals surface area contributed by atoms with E-state index in [1.54, 1.807) is 66.7 Å². The smallest absolute Gasteiger partial charge is 0.335 e. The Kier molecular flexibility index (Phi) is 7.32. The topological polar surface area (TPSA) is 117 Å². The maximum Gasteiger partial charge on any atom is 0.335 e. The molecule has 0 radical (unpaired) electrons. The molecule has 0 spiro atoms. The molecule has 3 N–H and O–H groups in total. The van der Waals surface area contributed by atoms with Crippen LogP contribution in [0.15, 0.2) is 84.0 Å². The highest BCUT2D eigenvalue weighted by molar-refractivity contribution is 5.98. The van der Waals surface area contributed by atoms with Crippen molar-refractivity contribution < 1.29 is 24.2 Å². The van der Waals surface area contributed by atoms with Crippen molar-refractivity contribution in [1.29, 1.82) is 0 Å². The van der Waals surface area contributed by atoms with Crippen LogP contribution in [0.5, 0.6) is 5.75 Å². The van der Waals surface area contributed by atoms with E-state index in [4.69, 9.17) is 9.84 Å². The first kappa shape index (κ1) is 22.2. The van der Waals surface area contributed by atoms with Crippen molar-refractivity contribution in [3.8, 4) is 5.75 Å². The number of nitrogens with one attached hydrogen (secondary N) is 2. The van der Waals surface area contributed by atoms with E-state index in [0.717, 1.165) is 0 Å². The van der Waals surface area contributed by atoms with E-state index < -0.39 is 23.8 Å². The highest BCUT2D eigenvalue weighted by Gasteiger charge is 2.23. The summed E-state index contributed by atoms with van der Waals surface area (Å²) in [5.41, 5.74) is 4.14. The lowest BCUT2D eigenvalue weighted by atomic mass is 10.1. The molecule has 0 saturated heterocycles. The molecule has 0 aliphatic heterocycles. The van der Waals surface area contributed by atoms with Gasteiger partial charge in [-0.3, -0.25) is 9.59 Å².